The lowest BCUT2D eigenvalue weighted by atomic mass is 9.89. The van der Waals surface area contributed by atoms with E-state index < -0.39 is 5.54 Å². The Bertz CT molecular complexity index is 1120. The summed E-state index contributed by atoms with van der Waals surface area (Å²) in [6.45, 7) is 4.03. The lowest BCUT2D eigenvalue weighted by molar-refractivity contribution is -0.131. The monoisotopic (exact) mass is 477 g/mol. The molecule has 7 heteroatoms. The van der Waals surface area contributed by atoms with E-state index in [1.54, 1.807) is 12.1 Å². The third kappa shape index (κ3) is 4.31. The van der Waals surface area contributed by atoms with Gasteiger partial charge in [-0.1, -0.05) is 18.9 Å². The van der Waals surface area contributed by atoms with Crippen LogP contribution in [-0.4, -0.2) is 60.1 Å². The third-order valence-corrected chi connectivity index (χ3v) is 8.06. The highest BCUT2D eigenvalue weighted by Gasteiger charge is 2.49. The number of nitrogens with zero attached hydrogens (tertiary/aromatic N) is 3. The average Bonchev–Trinajstić information content (AvgIpc) is 3.61. The van der Waals surface area contributed by atoms with Crippen LogP contribution in [0.1, 0.15) is 62.0 Å². The summed E-state index contributed by atoms with van der Waals surface area (Å²) < 4.78 is 24.5. The highest BCUT2D eigenvalue weighted by molar-refractivity contribution is 6.15. The smallest absolute Gasteiger partial charge is 0.256 e. The van der Waals surface area contributed by atoms with Crippen molar-refractivity contribution in [1.29, 1.82) is 0 Å². The van der Waals surface area contributed by atoms with Gasteiger partial charge in [-0.3, -0.25) is 14.7 Å². The maximum Gasteiger partial charge on any atom is 0.256 e. The normalized spacial score (nSPS) is 21.8. The van der Waals surface area contributed by atoms with Crippen molar-refractivity contribution in [3.63, 3.8) is 0 Å². The molecule has 184 valence electrons. The first-order valence-corrected chi connectivity index (χ1v) is 12.9. The van der Waals surface area contributed by atoms with E-state index in [0.717, 1.165) is 87.5 Å². The molecule has 6 nitrogen and oxygen atoms in total. The van der Waals surface area contributed by atoms with E-state index in [0.29, 0.717) is 19.3 Å². The van der Waals surface area contributed by atoms with Gasteiger partial charge in [-0.25, -0.2) is 4.39 Å². The van der Waals surface area contributed by atoms with Crippen molar-refractivity contribution in [3.8, 4) is 11.5 Å². The molecule has 3 aliphatic heterocycles. The van der Waals surface area contributed by atoms with E-state index in [2.05, 4.69) is 17.0 Å². The fourth-order valence-corrected chi connectivity index (χ4v) is 6.08. The van der Waals surface area contributed by atoms with E-state index in [9.17, 15) is 9.18 Å². The Balaban J connectivity index is 1.06. The van der Waals surface area contributed by atoms with Gasteiger partial charge in [0.1, 0.15) is 17.2 Å². The van der Waals surface area contributed by atoms with E-state index in [1.807, 2.05) is 11.0 Å². The number of amidine groups is 1. The number of carbonyl (C=O) groups is 1. The molecule has 0 aromatic heterocycles. The van der Waals surface area contributed by atoms with Crippen molar-refractivity contribution < 1.29 is 18.7 Å². The van der Waals surface area contributed by atoms with Crippen molar-refractivity contribution in [1.82, 2.24) is 9.80 Å². The van der Waals surface area contributed by atoms with Gasteiger partial charge < -0.3 is 14.4 Å². The first-order chi connectivity index (χ1) is 17.1. The summed E-state index contributed by atoms with van der Waals surface area (Å²) in [5, 5.41) is 0. The molecule has 3 heterocycles. The zero-order chi connectivity index (χ0) is 23.8. The van der Waals surface area contributed by atoms with Crippen molar-refractivity contribution in [2.24, 2.45) is 4.99 Å². The van der Waals surface area contributed by atoms with Gasteiger partial charge in [0.2, 0.25) is 6.79 Å². The molecule has 0 bridgehead atoms. The van der Waals surface area contributed by atoms with Crippen LogP contribution in [0.4, 0.5) is 4.39 Å². The van der Waals surface area contributed by atoms with Crippen LogP contribution in [0.2, 0.25) is 0 Å². The summed E-state index contributed by atoms with van der Waals surface area (Å²) in [4.78, 5) is 22.8. The minimum absolute atomic E-state index is 0.135. The van der Waals surface area contributed by atoms with Gasteiger partial charge in [0.05, 0.1) is 0 Å². The standard InChI is InChI=1S/C28H32FN3O3/c29-23-7-4-21(5-8-23)26-30-28(12-1-2-13-28)27(33)32(26)15-3-14-31-16-10-20(11-17-31)22-6-9-24-25(18-22)35-19-34-24/h4-9,18,20H,1-3,10-17,19H2. The predicted octanol–water partition coefficient (Wildman–Crippen LogP) is 4.73. The van der Waals surface area contributed by atoms with Crippen LogP contribution in [0.15, 0.2) is 47.5 Å². The Labute approximate surface area is 205 Å². The summed E-state index contributed by atoms with van der Waals surface area (Å²) >= 11 is 0. The van der Waals surface area contributed by atoms with Gasteiger partial charge in [-0.2, -0.15) is 0 Å². The molecule has 1 amide bonds. The van der Waals surface area contributed by atoms with Crippen LogP contribution in [0.3, 0.4) is 0 Å². The van der Waals surface area contributed by atoms with Gasteiger partial charge >= 0.3 is 0 Å². The Morgan fingerprint density at radius 2 is 1.71 bits per heavy atom. The van der Waals surface area contributed by atoms with Crippen molar-refractivity contribution in [2.75, 3.05) is 33.0 Å². The van der Waals surface area contributed by atoms with Gasteiger partial charge in [0.15, 0.2) is 11.5 Å². The molecule has 0 N–H and O–H groups in total. The lowest BCUT2D eigenvalue weighted by Gasteiger charge is -2.32. The molecule has 1 saturated carbocycles. The van der Waals surface area contributed by atoms with Crippen LogP contribution >= 0.6 is 0 Å². The molecule has 0 unspecified atom stereocenters. The number of fused-ring (bicyclic) bond motifs is 1. The van der Waals surface area contributed by atoms with Gasteiger partial charge in [-0.05, 0) is 99.6 Å². The van der Waals surface area contributed by atoms with Gasteiger partial charge in [-0.15, -0.1) is 0 Å². The maximum atomic E-state index is 13.5. The van der Waals surface area contributed by atoms with E-state index in [1.165, 1.54) is 17.7 Å². The molecule has 1 saturated heterocycles. The van der Waals surface area contributed by atoms with Gasteiger partial charge in [0.25, 0.3) is 5.91 Å². The lowest BCUT2D eigenvalue weighted by Crippen LogP contribution is -2.43. The summed E-state index contributed by atoms with van der Waals surface area (Å²) in [5.74, 6) is 2.82. The first-order valence-electron chi connectivity index (χ1n) is 12.9. The zero-order valence-electron chi connectivity index (χ0n) is 20.0. The number of carbonyl (C=O) groups excluding carboxylic acids is 1. The molecule has 35 heavy (non-hydrogen) atoms. The second kappa shape index (κ2) is 9.26. The summed E-state index contributed by atoms with van der Waals surface area (Å²) in [6, 6.07) is 12.7. The molecular weight excluding hydrogens is 445 g/mol. The van der Waals surface area contributed by atoms with E-state index in [-0.39, 0.29) is 11.7 Å². The van der Waals surface area contributed by atoms with E-state index in [4.69, 9.17) is 14.5 Å². The van der Waals surface area contributed by atoms with Crippen LogP contribution in [0.25, 0.3) is 0 Å². The summed E-state index contributed by atoms with van der Waals surface area (Å²) in [6.07, 6.45) is 6.86. The zero-order valence-corrected chi connectivity index (χ0v) is 20.0. The number of benzene rings is 2. The summed E-state index contributed by atoms with van der Waals surface area (Å²) in [5.41, 5.74) is 1.57. The Morgan fingerprint density at radius 3 is 2.49 bits per heavy atom. The number of rotatable bonds is 6. The number of piperidine rings is 1. The molecule has 2 aromatic carbocycles. The molecule has 0 radical (unpaired) electrons. The second-order valence-electron chi connectivity index (χ2n) is 10.2. The molecule has 4 aliphatic rings. The van der Waals surface area contributed by atoms with Crippen LogP contribution in [0.5, 0.6) is 11.5 Å². The maximum absolute atomic E-state index is 13.5. The Morgan fingerprint density at radius 1 is 0.971 bits per heavy atom. The van der Waals surface area contributed by atoms with Crippen molar-refractivity contribution >= 4 is 11.7 Å². The minimum atomic E-state index is -0.591. The Kier molecular flexibility index (Phi) is 5.96. The van der Waals surface area contributed by atoms with Crippen LogP contribution < -0.4 is 9.47 Å². The molecule has 2 fully saturated rings. The van der Waals surface area contributed by atoms with Crippen molar-refractivity contribution in [3.05, 3.63) is 59.4 Å². The molecular formula is C28H32FN3O3. The highest BCUT2D eigenvalue weighted by Crippen LogP contribution is 2.40. The first kappa shape index (κ1) is 22.5. The molecule has 2 aromatic rings. The minimum Gasteiger partial charge on any atom is -0.454 e. The molecule has 1 aliphatic carbocycles. The third-order valence-electron chi connectivity index (χ3n) is 8.06. The summed E-state index contributed by atoms with van der Waals surface area (Å²) in [7, 11) is 0. The second-order valence-corrected chi connectivity index (χ2v) is 10.2. The van der Waals surface area contributed by atoms with Crippen LogP contribution in [0, 0.1) is 5.82 Å². The molecule has 1 spiro atoms. The fourth-order valence-electron chi connectivity index (χ4n) is 6.08. The predicted molar refractivity (Wildman–Crippen MR) is 131 cm³/mol. The number of aliphatic imine (C=N–C) groups is 1. The number of halogens is 1. The number of hydrogen-bond acceptors (Lipinski definition) is 5. The molecule has 0 atom stereocenters. The quantitative estimate of drug-likeness (QED) is 0.604. The number of likely N-dealkylation sites (tertiary alicyclic amines) is 1. The fraction of sp³-hybridized carbons (Fsp3) is 0.500. The van der Waals surface area contributed by atoms with Gasteiger partial charge in [0, 0.05) is 12.1 Å². The van der Waals surface area contributed by atoms with E-state index >= 15 is 0 Å². The number of ether oxygens (including phenoxy) is 2. The molecule has 6 rings (SSSR count). The highest BCUT2D eigenvalue weighted by atomic mass is 19.1. The SMILES string of the molecule is O=C1N(CCCN2CCC(c3ccc4c(c3)OCO4)CC2)C(c2ccc(F)cc2)=NC12CCCC2. The van der Waals surface area contributed by atoms with Crippen molar-refractivity contribution in [2.45, 2.75) is 56.4 Å². The largest absolute Gasteiger partial charge is 0.454 e. The topological polar surface area (TPSA) is 54.4 Å². The average molecular weight is 478 g/mol. The Hall–Kier alpha value is -2.93. The van der Waals surface area contributed by atoms with Crippen LogP contribution in [-0.2, 0) is 4.79 Å². The number of amides is 1. The number of hydrogen-bond donors (Lipinski definition) is 0.